The molecule has 0 aromatic heterocycles. The average Bonchev–Trinajstić information content (AvgIpc) is 3.20. The predicted molar refractivity (Wildman–Crippen MR) is 105 cm³/mol. The number of rotatable bonds is 0. The summed E-state index contributed by atoms with van der Waals surface area (Å²) in [5.41, 5.74) is 1.46. The molecule has 5 atom stereocenters. The van der Waals surface area contributed by atoms with Crippen LogP contribution in [0.25, 0.3) is 0 Å². The lowest BCUT2D eigenvalue weighted by molar-refractivity contribution is -0.210. The van der Waals surface area contributed by atoms with E-state index in [0.29, 0.717) is 36.1 Å². The molecule has 2 aliphatic carbocycles. The van der Waals surface area contributed by atoms with Gasteiger partial charge in [0.05, 0.1) is 11.7 Å². The van der Waals surface area contributed by atoms with Crippen molar-refractivity contribution in [3.63, 3.8) is 0 Å². The summed E-state index contributed by atoms with van der Waals surface area (Å²) < 4.78 is 6.84. The molecule has 2 aliphatic heterocycles. The van der Waals surface area contributed by atoms with Crippen LogP contribution >= 0.6 is 0 Å². The Morgan fingerprint density at radius 2 is 1.96 bits per heavy atom. The van der Waals surface area contributed by atoms with Gasteiger partial charge in [0.25, 0.3) is 5.91 Å². The SMILES string of the molecule is C[C@@H]1CCC2C(C)(C)[C@H](O)CC[C@]2(C)[C@@]12Cc1c(O)cc3c(c1O2)C(=O)NC3. The molecule has 5 nitrogen and oxygen atoms in total. The maximum atomic E-state index is 12.5. The number of hydrogen-bond acceptors (Lipinski definition) is 4. The van der Waals surface area contributed by atoms with Crippen LogP contribution in [-0.2, 0) is 13.0 Å². The molecule has 5 rings (SSSR count). The van der Waals surface area contributed by atoms with Gasteiger partial charge in [0.15, 0.2) is 0 Å². The van der Waals surface area contributed by atoms with Crippen molar-refractivity contribution in [3.8, 4) is 11.5 Å². The monoisotopic (exact) mass is 385 g/mol. The summed E-state index contributed by atoms with van der Waals surface area (Å²) in [6.07, 6.45) is 4.10. The maximum absolute atomic E-state index is 12.5. The minimum Gasteiger partial charge on any atom is -0.508 e. The highest BCUT2D eigenvalue weighted by Gasteiger charge is 2.67. The summed E-state index contributed by atoms with van der Waals surface area (Å²) in [5, 5.41) is 24.3. The summed E-state index contributed by atoms with van der Waals surface area (Å²) in [7, 11) is 0. The van der Waals surface area contributed by atoms with Crippen molar-refractivity contribution in [3.05, 3.63) is 22.8 Å². The van der Waals surface area contributed by atoms with Gasteiger partial charge in [0, 0.05) is 23.9 Å². The molecule has 3 N–H and O–H groups in total. The van der Waals surface area contributed by atoms with Crippen molar-refractivity contribution in [2.45, 2.75) is 78.0 Å². The van der Waals surface area contributed by atoms with E-state index >= 15 is 0 Å². The number of aromatic hydroxyl groups is 1. The first-order valence-corrected chi connectivity index (χ1v) is 10.6. The van der Waals surface area contributed by atoms with E-state index in [-0.39, 0.29) is 28.6 Å². The van der Waals surface area contributed by atoms with Gasteiger partial charge < -0.3 is 20.3 Å². The van der Waals surface area contributed by atoms with Crippen molar-refractivity contribution in [2.75, 3.05) is 0 Å². The fraction of sp³-hybridized carbons (Fsp3) is 0.696. The highest BCUT2D eigenvalue weighted by Crippen LogP contribution is 2.67. The second kappa shape index (κ2) is 5.44. The summed E-state index contributed by atoms with van der Waals surface area (Å²) >= 11 is 0. The van der Waals surface area contributed by atoms with Crippen molar-refractivity contribution in [2.24, 2.45) is 22.7 Å². The zero-order valence-electron chi connectivity index (χ0n) is 17.3. The zero-order valence-corrected chi connectivity index (χ0v) is 17.3. The third-order valence-electron chi connectivity index (χ3n) is 8.95. The molecule has 1 unspecified atom stereocenters. The zero-order chi connectivity index (χ0) is 20.1. The maximum Gasteiger partial charge on any atom is 0.255 e. The lowest BCUT2D eigenvalue weighted by atomic mass is 9.43. The number of carbonyl (C=O) groups is 1. The lowest BCUT2D eigenvalue weighted by Crippen LogP contribution is -2.66. The molecule has 0 radical (unpaired) electrons. The Hall–Kier alpha value is -1.75. The van der Waals surface area contributed by atoms with Gasteiger partial charge in [-0.3, -0.25) is 4.79 Å². The number of fused-ring (bicyclic) bond motifs is 5. The Kier molecular flexibility index (Phi) is 3.55. The van der Waals surface area contributed by atoms with Crippen molar-refractivity contribution >= 4 is 5.91 Å². The highest BCUT2D eigenvalue weighted by molar-refractivity contribution is 6.02. The van der Waals surface area contributed by atoms with Crippen molar-refractivity contribution in [1.82, 2.24) is 5.32 Å². The topological polar surface area (TPSA) is 78.8 Å². The molecule has 4 aliphatic rings. The van der Waals surface area contributed by atoms with Gasteiger partial charge in [-0.15, -0.1) is 0 Å². The van der Waals surface area contributed by atoms with Gasteiger partial charge in [-0.05, 0) is 54.6 Å². The second-order valence-corrected chi connectivity index (χ2v) is 10.4. The Bertz CT molecular complexity index is 878. The molecule has 2 saturated carbocycles. The largest absolute Gasteiger partial charge is 0.508 e. The van der Waals surface area contributed by atoms with Crippen molar-refractivity contribution in [1.29, 1.82) is 0 Å². The Labute approximate surface area is 166 Å². The minimum atomic E-state index is -0.453. The molecule has 28 heavy (non-hydrogen) atoms. The van der Waals surface area contributed by atoms with Crippen LogP contribution in [0.4, 0.5) is 0 Å². The molecule has 0 saturated heterocycles. The molecule has 1 aromatic rings. The first kappa shape index (κ1) is 18.3. The van der Waals surface area contributed by atoms with Gasteiger partial charge in [-0.2, -0.15) is 0 Å². The van der Waals surface area contributed by atoms with Gasteiger partial charge in [-0.1, -0.05) is 27.7 Å². The van der Waals surface area contributed by atoms with E-state index in [0.717, 1.165) is 36.8 Å². The fourth-order valence-corrected chi connectivity index (χ4v) is 7.19. The number of aliphatic hydroxyl groups excluding tert-OH is 1. The number of hydrogen-bond donors (Lipinski definition) is 3. The lowest BCUT2D eigenvalue weighted by Gasteiger charge is -2.64. The third-order valence-corrected chi connectivity index (χ3v) is 8.95. The number of aliphatic hydroxyl groups is 1. The van der Waals surface area contributed by atoms with Crippen molar-refractivity contribution < 1.29 is 19.7 Å². The molecule has 5 heteroatoms. The van der Waals surface area contributed by atoms with Crippen LogP contribution in [0.15, 0.2) is 6.07 Å². The van der Waals surface area contributed by atoms with Crippen LogP contribution in [0.3, 0.4) is 0 Å². The second-order valence-electron chi connectivity index (χ2n) is 10.4. The quantitative estimate of drug-likeness (QED) is 0.638. The normalized spacial score (nSPS) is 40.5. The summed E-state index contributed by atoms with van der Waals surface area (Å²) in [5.74, 6) is 1.38. The summed E-state index contributed by atoms with van der Waals surface area (Å²) in [4.78, 5) is 12.5. The number of phenolic OH excluding ortho intramolecular Hbond substituents is 1. The van der Waals surface area contributed by atoms with Crippen LogP contribution < -0.4 is 10.1 Å². The third kappa shape index (κ3) is 1.99. The van der Waals surface area contributed by atoms with Crippen LogP contribution in [0.1, 0.15) is 74.9 Å². The fourth-order valence-electron chi connectivity index (χ4n) is 7.19. The van der Waals surface area contributed by atoms with Crippen LogP contribution in [-0.4, -0.2) is 27.8 Å². The van der Waals surface area contributed by atoms with E-state index in [4.69, 9.17) is 4.74 Å². The van der Waals surface area contributed by atoms with E-state index in [1.807, 2.05) is 0 Å². The molecule has 152 valence electrons. The molecule has 1 amide bonds. The predicted octanol–water partition coefficient (Wildman–Crippen LogP) is 3.54. The Balaban J connectivity index is 1.66. The van der Waals surface area contributed by atoms with Gasteiger partial charge in [0.1, 0.15) is 17.1 Å². The summed E-state index contributed by atoms with van der Waals surface area (Å²) in [6.45, 7) is 9.40. The van der Waals surface area contributed by atoms with E-state index < -0.39 is 5.60 Å². The number of nitrogens with one attached hydrogen (secondary N) is 1. The number of amides is 1. The molecular formula is C23H31NO4. The average molecular weight is 386 g/mol. The molecule has 1 spiro atoms. The van der Waals surface area contributed by atoms with Gasteiger partial charge >= 0.3 is 0 Å². The molecule has 1 aromatic carbocycles. The van der Waals surface area contributed by atoms with E-state index in [1.165, 1.54) is 0 Å². The van der Waals surface area contributed by atoms with Gasteiger partial charge in [-0.25, -0.2) is 0 Å². The highest BCUT2D eigenvalue weighted by atomic mass is 16.5. The van der Waals surface area contributed by atoms with Gasteiger partial charge in [0.2, 0.25) is 0 Å². The minimum absolute atomic E-state index is 0.104. The van der Waals surface area contributed by atoms with Crippen LogP contribution in [0.5, 0.6) is 11.5 Å². The molecule has 0 bridgehead atoms. The first-order chi connectivity index (χ1) is 13.1. The Morgan fingerprint density at radius 1 is 1.21 bits per heavy atom. The van der Waals surface area contributed by atoms with E-state index in [9.17, 15) is 15.0 Å². The number of carbonyl (C=O) groups excluding carboxylic acids is 1. The molecule has 2 fully saturated rings. The molecular weight excluding hydrogens is 354 g/mol. The number of phenols is 1. The number of benzene rings is 1. The van der Waals surface area contributed by atoms with E-state index in [2.05, 4.69) is 33.0 Å². The van der Waals surface area contributed by atoms with Crippen LogP contribution in [0, 0.1) is 22.7 Å². The van der Waals surface area contributed by atoms with Crippen LogP contribution in [0.2, 0.25) is 0 Å². The van der Waals surface area contributed by atoms with E-state index in [1.54, 1.807) is 6.07 Å². The first-order valence-electron chi connectivity index (χ1n) is 10.6. The summed E-state index contributed by atoms with van der Waals surface area (Å²) in [6, 6.07) is 1.73. The number of ether oxygens (including phenoxy) is 1. The smallest absolute Gasteiger partial charge is 0.255 e. The Morgan fingerprint density at radius 3 is 2.71 bits per heavy atom. The standard InChI is InChI=1S/C23H31NO4/c1-12-5-6-16-21(2,3)17(26)7-8-22(16,4)23(12)10-14-15(25)9-13-11-24-20(27)18(13)19(14)28-23/h9,12,16-17,25-26H,5-8,10-11H2,1-4H3,(H,24,27)/t12-,16?,17-,22+,23-/m1/s1. The molecule has 2 heterocycles.